The highest BCUT2D eigenvalue weighted by Gasteiger charge is 2.39. The van der Waals surface area contributed by atoms with Gasteiger partial charge in [-0.1, -0.05) is 0 Å². The maximum Gasteiger partial charge on any atom is 0.311 e. The Morgan fingerprint density at radius 1 is 1.46 bits per heavy atom. The van der Waals surface area contributed by atoms with E-state index in [9.17, 15) is 9.59 Å². The molecule has 2 atom stereocenters. The largest absolute Gasteiger partial charge is 0.342 e. The molecule has 0 aromatic rings. The van der Waals surface area contributed by atoms with Crippen LogP contribution in [0.25, 0.3) is 0 Å². The van der Waals surface area contributed by atoms with Crippen molar-refractivity contribution in [3.63, 3.8) is 0 Å². The van der Waals surface area contributed by atoms with Gasteiger partial charge in [-0.15, -0.1) is 0 Å². The lowest BCUT2D eigenvalue weighted by atomic mass is 9.97. The summed E-state index contributed by atoms with van der Waals surface area (Å²) in [5.41, 5.74) is 0. The quantitative estimate of drug-likeness (QED) is 0.440. The van der Waals surface area contributed by atoms with Gasteiger partial charge in [-0.05, 0) is 13.0 Å². The lowest BCUT2D eigenvalue weighted by Crippen LogP contribution is -2.67. The molecule has 0 saturated carbocycles. The van der Waals surface area contributed by atoms with Gasteiger partial charge in [0.25, 0.3) is 0 Å². The lowest BCUT2D eigenvalue weighted by Gasteiger charge is -2.41. The zero-order valence-corrected chi connectivity index (χ0v) is 7.54. The second-order valence-electron chi connectivity index (χ2n) is 3.56. The van der Waals surface area contributed by atoms with Crippen molar-refractivity contribution in [2.45, 2.75) is 18.5 Å². The van der Waals surface area contributed by atoms with Crippen LogP contribution in [0.3, 0.4) is 0 Å². The zero-order chi connectivity index (χ0) is 9.42. The molecule has 0 spiro atoms. The fourth-order valence-corrected chi connectivity index (χ4v) is 2.00. The van der Waals surface area contributed by atoms with Gasteiger partial charge in [-0.3, -0.25) is 9.59 Å². The molecule has 2 rings (SSSR count). The summed E-state index contributed by atoms with van der Waals surface area (Å²) in [4.78, 5) is 24.0. The molecule has 0 aromatic carbocycles. The van der Waals surface area contributed by atoms with Crippen LogP contribution in [0.4, 0.5) is 0 Å². The molecular formula is C8H13N3O2. The zero-order valence-electron chi connectivity index (χ0n) is 7.54. The second kappa shape index (κ2) is 2.99. The van der Waals surface area contributed by atoms with Crippen LogP contribution in [0.2, 0.25) is 0 Å². The number of amides is 2. The van der Waals surface area contributed by atoms with Gasteiger partial charge >= 0.3 is 11.8 Å². The summed E-state index contributed by atoms with van der Waals surface area (Å²) in [6.45, 7) is 1.67. The Balaban J connectivity index is 2.17. The summed E-state index contributed by atoms with van der Waals surface area (Å²) < 4.78 is 0. The fraction of sp³-hybridized carbons (Fsp3) is 0.750. The number of likely N-dealkylation sites (N-methyl/N-ethyl adjacent to an activating group) is 1. The number of hydrogen-bond donors (Lipinski definition) is 2. The van der Waals surface area contributed by atoms with Crippen molar-refractivity contribution in [1.29, 1.82) is 0 Å². The van der Waals surface area contributed by atoms with Crippen molar-refractivity contribution in [3.05, 3.63) is 0 Å². The standard InChI is InChI=1S/C8H13N3O2/c1-11-6-2-3-9-4-5(6)10-7(12)8(11)13/h5-6,9H,2-4H2,1H3,(H,10,12). The molecule has 2 aliphatic heterocycles. The molecule has 2 saturated heterocycles. The molecule has 2 heterocycles. The second-order valence-corrected chi connectivity index (χ2v) is 3.56. The maximum atomic E-state index is 11.3. The first kappa shape index (κ1) is 8.50. The molecule has 2 unspecified atom stereocenters. The van der Waals surface area contributed by atoms with Crippen LogP contribution in [0.15, 0.2) is 0 Å². The number of hydrogen-bond acceptors (Lipinski definition) is 3. The minimum atomic E-state index is -0.479. The lowest BCUT2D eigenvalue weighted by molar-refractivity contribution is -0.151. The molecule has 0 radical (unpaired) electrons. The highest BCUT2D eigenvalue weighted by molar-refractivity contribution is 6.35. The minimum absolute atomic E-state index is 0.0870. The van der Waals surface area contributed by atoms with E-state index in [4.69, 9.17) is 0 Å². The van der Waals surface area contributed by atoms with Gasteiger partial charge in [-0.25, -0.2) is 0 Å². The summed E-state index contributed by atoms with van der Waals surface area (Å²) in [5, 5.41) is 5.89. The minimum Gasteiger partial charge on any atom is -0.342 e. The summed E-state index contributed by atoms with van der Waals surface area (Å²) >= 11 is 0. The predicted molar refractivity (Wildman–Crippen MR) is 46.0 cm³/mol. The average Bonchev–Trinajstić information content (AvgIpc) is 2.15. The predicted octanol–water partition coefficient (Wildman–Crippen LogP) is -1.69. The smallest absolute Gasteiger partial charge is 0.311 e. The van der Waals surface area contributed by atoms with E-state index in [1.807, 2.05) is 0 Å². The number of piperazine rings is 1. The van der Waals surface area contributed by atoms with E-state index in [0.29, 0.717) is 0 Å². The number of rotatable bonds is 0. The Bertz CT molecular complexity index is 254. The van der Waals surface area contributed by atoms with E-state index in [0.717, 1.165) is 19.5 Å². The van der Waals surface area contributed by atoms with Crippen LogP contribution in [0.5, 0.6) is 0 Å². The summed E-state index contributed by atoms with van der Waals surface area (Å²) in [6, 6.07) is 0.260. The van der Waals surface area contributed by atoms with Crippen molar-refractivity contribution < 1.29 is 9.59 Å². The van der Waals surface area contributed by atoms with Gasteiger partial charge in [0, 0.05) is 13.6 Å². The third-order valence-electron chi connectivity index (χ3n) is 2.77. The molecule has 2 N–H and O–H groups in total. The van der Waals surface area contributed by atoms with Gasteiger partial charge in [-0.2, -0.15) is 0 Å². The normalized spacial score (nSPS) is 34.1. The Hall–Kier alpha value is -1.10. The molecule has 2 amide bonds. The van der Waals surface area contributed by atoms with Crippen LogP contribution in [-0.4, -0.2) is 48.9 Å². The molecule has 13 heavy (non-hydrogen) atoms. The fourth-order valence-electron chi connectivity index (χ4n) is 2.00. The highest BCUT2D eigenvalue weighted by Crippen LogP contribution is 2.14. The Labute approximate surface area is 76.5 Å². The van der Waals surface area contributed by atoms with Crippen molar-refractivity contribution >= 4 is 11.8 Å². The van der Waals surface area contributed by atoms with E-state index in [1.165, 1.54) is 0 Å². The van der Waals surface area contributed by atoms with E-state index in [2.05, 4.69) is 10.6 Å². The third-order valence-corrected chi connectivity index (χ3v) is 2.77. The monoisotopic (exact) mass is 183 g/mol. The van der Waals surface area contributed by atoms with Crippen LogP contribution in [-0.2, 0) is 9.59 Å². The summed E-state index contributed by atoms with van der Waals surface area (Å²) in [5.74, 6) is -0.893. The Morgan fingerprint density at radius 3 is 3.00 bits per heavy atom. The Kier molecular flexibility index (Phi) is 1.95. The van der Waals surface area contributed by atoms with E-state index >= 15 is 0 Å². The Morgan fingerprint density at radius 2 is 2.23 bits per heavy atom. The SMILES string of the molecule is CN1C(=O)C(=O)NC2CNCCC21. The van der Waals surface area contributed by atoms with Crippen molar-refractivity contribution in [2.75, 3.05) is 20.1 Å². The van der Waals surface area contributed by atoms with Crippen molar-refractivity contribution in [3.8, 4) is 0 Å². The molecule has 5 heteroatoms. The number of carbonyl (C=O) groups is 2. The first-order chi connectivity index (χ1) is 6.20. The van der Waals surface area contributed by atoms with Crippen LogP contribution in [0, 0.1) is 0 Å². The molecule has 0 aliphatic carbocycles. The molecule has 2 fully saturated rings. The van der Waals surface area contributed by atoms with Crippen molar-refractivity contribution in [1.82, 2.24) is 15.5 Å². The van der Waals surface area contributed by atoms with Crippen molar-refractivity contribution in [2.24, 2.45) is 0 Å². The van der Waals surface area contributed by atoms with Gasteiger partial charge in [0.05, 0.1) is 12.1 Å². The highest BCUT2D eigenvalue weighted by atomic mass is 16.2. The molecule has 2 aliphatic rings. The first-order valence-corrected chi connectivity index (χ1v) is 4.48. The first-order valence-electron chi connectivity index (χ1n) is 4.48. The van der Waals surface area contributed by atoms with E-state index in [1.54, 1.807) is 11.9 Å². The van der Waals surface area contributed by atoms with Crippen LogP contribution in [0.1, 0.15) is 6.42 Å². The van der Waals surface area contributed by atoms with Gasteiger partial charge < -0.3 is 15.5 Å². The van der Waals surface area contributed by atoms with E-state index in [-0.39, 0.29) is 12.1 Å². The van der Waals surface area contributed by atoms with Gasteiger partial charge in [0.15, 0.2) is 0 Å². The van der Waals surface area contributed by atoms with Gasteiger partial charge in [0.1, 0.15) is 0 Å². The molecule has 5 nitrogen and oxygen atoms in total. The number of piperidine rings is 1. The summed E-state index contributed by atoms with van der Waals surface area (Å²) in [6.07, 6.45) is 0.910. The number of carbonyl (C=O) groups excluding carboxylic acids is 2. The van der Waals surface area contributed by atoms with E-state index < -0.39 is 11.8 Å². The number of nitrogens with zero attached hydrogens (tertiary/aromatic N) is 1. The molecule has 72 valence electrons. The topological polar surface area (TPSA) is 61.4 Å². The van der Waals surface area contributed by atoms with Gasteiger partial charge in [0.2, 0.25) is 0 Å². The third kappa shape index (κ3) is 1.29. The number of nitrogens with one attached hydrogen (secondary N) is 2. The molecule has 0 aromatic heterocycles. The van der Waals surface area contributed by atoms with Crippen LogP contribution >= 0.6 is 0 Å². The summed E-state index contributed by atoms with van der Waals surface area (Å²) in [7, 11) is 1.70. The van der Waals surface area contributed by atoms with Crippen LogP contribution < -0.4 is 10.6 Å². The number of fused-ring (bicyclic) bond motifs is 1. The maximum absolute atomic E-state index is 11.3. The molecule has 0 bridgehead atoms. The average molecular weight is 183 g/mol. The molecular weight excluding hydrogens is 170 g/mol.